The van der Waals surface area contributed by atoms with Gasteiger partial charge in [-0.3, -0.25) is 0 Å². The van der Waals surface area contributed by atoms with E-state index in [-0.39, 0.29) is 0 Å². The van der Waals surface area contributed by atoms with Crippen molar-refractivity contribution in [2.45, 2.75) is 57.2 Å². The molecule has 3 fully saturated rings. The van der Waals surface area contributed by atoms with Gasteiger partial charge < -0.3 is 15.0 Å². The number of nitrogens with one attached hydrogen (secondary N) is 1. The molecular weight excluding hydrogens is 212 g/mol. The molecule has 0 aromatic rings. The number of rotatable bonds is 4. The summed E-state index contributed by atoms with van der Waals surface area (Å²) in [5.41, 5.74) is 0. The van der Waals surface area contributed by atoms with Gasteiger partial charge in [0, 0.05) is 31.3 Å². The molecule has 2 bridgehead atoms. The van der Waals surface area contributed by atoms with E-state index in [1.807, 2.05) is 0 Å². The molecule has 0 aromatic heterocycles. The molecule has 0 aromatic carbocycles. The third kappa shape index (κ3) is 2.67. The van der Waals surface area contributed by atoms with Gasteiger partial charge in [0.25, 0.3) is 0 Å². The summed E-state index contributed by atoms with van der Waals surface area (Å²) < 4.78 is 5.51. The second-order valence-corrected chi connectivity index (χ2v) is 6.08. The highest BCUT2D eigenvalue weighted by Gasteiger charge is 2.36. The first-order chi connectivity index (χ1) is 8.35. The topological polar surface area (TPSA) is 24.5 Å². The van der Waals surface area contributed by atoms with Gasteiger partial charge >= 0.3 is 0 Å². The van der Waals surface area contributed by atoms with E-state index >= 15 is 0 Å². The van der Waals surface area contributed by atoms with Crippen molar-refractivity contribution in [3.63, 3.8) is 0 Å². The van der Waals surface area contributed by atoms with Crippen LogP contribution in [0, 0.1) is 5.92 Å². The van der Waals surface area contributed by atoms with Crippen LogP contribution in [0.1, 0.15) is 39.0 Å². The van der Waals surface area contributed by atoms with E-state index in [1.54, 1.807) is 0 Å². The van der Waals surface area contributed by atoms with Gasteiger partial charge in [-0.05, 0) is 44.6 Å². The fourth-order valence-electron chi connectivity index (χ4n) is 3.92. The molecule has 1 N–H and O–H groups in total. The van der Waals surface area contributed by atoms with Gasteiger partial charge in [0.15, 0.2) is 0 Å². The van der Waals surface area contributed by atoms with Crippen LogP contribution < -0.4 is 5.32 Å². The van der Waals surface area contributed by atoms with E-state index < -0.39 is 0 Å². The molecular formula is C14H26N2O. The standard InChI is InChI=1S/C14H26N2O/c1-2-16(9-11-5-6-17-10-11)14-7-12-3-4-13(8-14)15-12/h11-15H,2-10H2,1H3. The highest BCUT2D eigenvalue weighted by atomic mass is 16.5. The summed E-state index contributed by atoms with van der Waals surface area (Å²) in [5, 5.41) is 3.74. The zero-order valence-electron chi connectivity index (χ0n) is 11.0. The van der Waals surface area contributed by atoms with Crippen molar-refractivity contribution < 1.29 is 4.74 Å². The molecule has 3 nitrogen and oxygen atoms in total. The summed E-state index contributed by atoms with van der Waals surface area (Å²) in [6.07, 6.45) is 6.83. The molecule has 3 atom stereocenters. The Balaban J connectivity index is 1.56. The SMILES string of the molecule is CCN(CC1CCOC1)C1CC2CCC(C1)N2. The molecule has 3 aliphatic heterocycles. The zero-order valence-corrected chi connectivity index (χ0v) is 11.0. The molecule has 3 unspecified atom stereocenters. The third-order valence-corrected chi connectivity index (χ3v) is 4.89. The van der Waals surface area contributed by atoms with Gasteiger partial charge in [0.1, 0.15) is 0 Å². The van der Waals surface area contributed by atoms with E-state index in [4.69, 9.17) is 4.74 Å². The second kappa shape index (κ2) is 5.25. The normalized spacial score (nSPS) is 41.3. The fraction of sp³-hybridized carbons (Fsp3) is 1.00. The first-order valence-corrected chi connectivity index (χ1v) is 7.43. The largest absolute Gasteiger partial charge is 0.381 e. The number of hydrogen-bond donors (Lipinski definition) is 1. The molecule has 3 heteroatoms. The van der Waals surface area contributed by atoms with Crippen molar-refractivity contribution in [3.8, 4) is 0 Å². The summed E-state index contributed by atoms with van der Waals surface area (Å²) in [7, 11) is 0. The molecule has 3 rings (SSSR count). The predicted octanol–water partition coefficient (Wildman–Crippen LogP) is 1.63. The minimum atomic E-state index is 0.794. The molecule has 0 amide bonds. The van der Waals surface area contributed by atoms with E-state index in [0.717, 1.165) is 37.3 Å². The van der Waals surface area contributed by atoms with Crippen LogP contribution >= 0.6 is 0 Å². The Bertz CT molecular complexity index is 241. The minimum absolute atomic E-state index is 0.794. The van der Waals surface area contributed by atoms with E-state index in [2.05, 4.69) is 17.1 Å². The third-order valence-electron chi connectivity index (χ3n) is 4.89. The molecule has 3 heterocycles. The first kappa shape index (κ1) is 11.9. The predicted molar refractivity (Wildman–Crippen MR) is 69.1 cm³/mol. The van der Waals surface area contributed by atoms with Crippen LogP contribution in [0.5, 0.6) is 0 Å². The highest BCUT2D eigenvalue weighted by Crippen LogP contribution is 2.30. The maximum absolute atomic E-state index is 5.51. The van der Waals surface area contributed by atoms with Crippen LogP contribution in [-0.2, 0) is 4.74 Å². The van der Waals surface area contributed by atoms with Crippen molar-refractivity contribution in [1.29, 1.82) is 0 Å². The Morgan fingerprint density at radius 3 is 2.53 bits per heavy atom. The van der Waals surface area contributed by atoms with Crippen molar-refractivity contribution >= 4 is 0 Å². The summed E-state index contributed by atoms with van der Waals surface area (Å²) >= 11 is 0. The average Bonchev–Trinajstić information content (AvgIpc) is 2.96. The zero-order chi connectivity index (χ0) is 11.7. The van der Waals surface area contributed by atoms with Crippen LogP contribution in [0.4, 0.5) is 0 Å². The fourth-order valence-corrected chi connectivity index (χ4v) is 3.92. The lowest BCUT2D eigenvalue weighted by atomic mass is 9.96. The van der Waals surface area contributed by atoms with Crippen molar-refractivity contribution in [1.82, 2.24) is 10.2 Å². The smallest absolute Gasteiger partial charge is 0.0507 e. The monoisotopic (exact) mass is 238 g/mol. The van der Waals surface area contributed by atoms with Crippen LogP contribution in [0.25, 0.3) is 0 Å². The number of fused-ring (bicyclic) bond motifs is 2. The molecule has 98 valence electrons. The lowest BCUT2D eigenvalue weighted by Crippen LogP contribution is -2.49. The first-order valence-electron chi connectivity index (χ1n) is 7.43. The maximum atomic E-state index is 5.51. The van der Waals surface area contributed by atoms with E-state index in [1.165, 1.54) is 45.2 Å². The molecule has 0 aliphatic carbocycles. The Morgan fingerprint density at radius 1 is 1.18 bits per heavy atom. The summed E-state index contributed by atoms with van der Waals surface area (Å²) in [4.78, 5) is 2.73. The lowest BCUT2D eigenvalue weighted by Gasteiger charge is -2.38. The molecule has 0 radical (unpaired) electrons. The number of nitrogens with zero attached hydrogens (tertiary/aromatic N) is 1. The molecule has 3 aliphatic rings. The Labute approximate surface area is 105 Å². The molecule has 17 heavy (non-hydrogen) atoms. The van der Waals surface area contributed by atoms with Gasteiger partial charge in [0.2, 0.25) is 0 Å². The lowest BCUT2D eigenvalue weighted by molar-refractivity contribution is 0.117. The summed E-state index contributed by atoms with van der Waals surface area (Å²) in [5.74, 6) is 0.794. The Morgan fingerprint density at radius 2 is 1.94 bits per heavy atom. The maximum Gasteiger partial charge on any atom is 0.0507 e. The minimum Gasteiger partial charge on any atom is -0.381 e. The Hall–Kier alpha value is -0.120. The number of hydrogen-bond acceptors (Lipinski definition) is 3. The number of piperidine rings is 1. The van der Waals surface area contributed by atoms with Crippen LogP contribution in [0.2, 0.25) is 0 Å². The van der Waals surface area contributed by atoms with Crippen molar-refractivity contribution in [3.05, 3.63) is 0 Å². The quantitative estimate of drug-likeness (QED) is 0.805. The van der Waals surface area contributed by atoms with Gasteiger partial charge in [0.05, 0.1) is 6.61 Å². The highest BCUT2D eigenvalue weighted by molar-refractivity contribution is 4.95. The van der Waals surface area contributed by atoms with Crippen LogP contribution in [-0.4, -0.2) is 49.3 Å². The second-order valence-electron chi connectivity index (χ2n) is 6.08. The number of ether oxygens (including phenoxy) is 1. The summed E-state index contributed by atoms with van der Waals surface area (Å²) in [6, 6.07) is 2.46. The van der Waals surface area contributed by atoms with Gasteiger partial charge in [-0.1, -0.05) is 6.92 Å². The van der Waals surface area contributed by atoms with Crippen LogP contribution in [0.15, 0.2) is 0 Å². The van der Waals surface area contributed by atoms with E-state index in [9.17, 15) is 0 Å². The Kier molecular flexibility index (Phi) is 3.69. The van der Waals surface area contributed by atoms with Crippen LogP contribution in [0.3, 0.4) is 0 Å². The average molecular weight is 238 g/mol. The van der Waals surface area contributed by atoms with Crippen molar-refractivity contribution in [2.75, 3.05) is 26.3 Å². The summed E-state index contributed by atoms with van der Waals surface area (Å²) in [6.45, 7) is 6.77. The van der Waals surface area contributed by atoms with Gasteiger partial charge in [-0.2, -0.15) is 0 Å². The van der Waals surface area contributed by atoms with Gasteiger partial charge in [-0.25, -0.2) is 0 Å². The van der Waals surface area contributed by atoms with E-state index in [0.29, 0.717) is 0 Å². The molecule has 0 spiro atoms. The molecule has 0 saturated carbocycles. The van der Waals surface area contributed by atoms with Crippen molar-refractivity contribution in [2.24, 2.45) is 5.92 Å². The molecule has 3 saturated heterocycles. The van der Waals surface area contributed by atoms with Gasteiger partial charge in [-0.15, -0.1) is 0 Å².